The standard InChI is InChI=1S/C18H39N7/c1-7-22(8-2-19-1)9-3-20-6-12-24-14-17-25(18-15-24)16-13-23-10-4-21-5-11-23/h19-21H,1-18H2. The van der Waals surface area contributed by atoms with Crippen molar-refractivity contribution in [2.45, 2.75) is 0 Å². The zero-order chi connectivity index (χ0) is 17.2. The minimum absolute atomic E-state index is 1.13. The maximum absolute atomic E-state index is 3.63. The molecule has 3 fully saturated rings. The van der Waals surface area contributed by atoms with E-state index >= 15 is 0 Å². The van der Waals surface area contributed by atoms with Crippen molar-refractivity contribution < 1.29 is 0 Å². The van der Waals surface area contributed by atoms with Crippen LogP contribution in [0, 0.1) is 0 Å². The van der Waals surface area contributed by atoms with Gasteiger partial charge in [0.1, 0.15) is 0 Å². The molecule has 0 spiro atoms. The molecule has 0 bridgehead atoms. The lowest BCUT2D eigenvalue weighted by Crippen LogP contribution is -2.51. The largest absolute Gasteiger partial charge is 0.314 e. The molecule has 7 heteroatoms. The molecule has 0 aromatic carbocycles. The molecule has 3 heterocycles. The Morgan fingerprint density at radius 2 is 0.840 bits per heavy atom. The average Bonchev–Trinajstić information content (AvgIpc) is 2.69. The highest BCUT2D eigenvalue weighted by molar-refractivity contribution is 4.75. The van der Waals surface area contributed by atoms with E-state index in [4.69, 9.17) is 0 Å². The number of rotatable bonds is 9. The minimum atomic E-state index is 1.13. The Balaban J connectivity index is 1.16. The molecule has 146 valence electrons. The van der Waals surface area contributed by atoms with E-state index in [9.17, 15) is 0 Å². The molecule has 0 aromatic rings. The smallest absolute Gasteiger partial charge is 0.0110 e. The van der Waals surface area contributed by atoms with Crippen molar-refractivity contribution in [2.24, 2.45) is 0 Å². The molecule has 0 radical (unpaired) electrons. The fourth-order valence-electron chi connectivity index (χ4n) is 3.99. The van der Waals surface area contributed by atoms with E-state index in [0.717, 1.165) is 39.3 Å². The Bertz CT molecular complexity index is 332. The van der Waals surface area contributed by atoms with Crippen LogP contribution in [0.25, 0.3) is 0 Å². The summed E-state index contributed by atoms with van der Waals surface area (Å²) in [6.45, 7) is 21.6. The van der Waals surface area contributed by atoms with Crippen LogP contribution in [-0.4, -0.2) is 137 Å². The van der Waals surface area contributed by atoms with Gasteiger partial charge >= 0.3 is 0 Å². The monoisotopic (exact) mass is 353 g/mol. The third kappa shape index (κ3) is 7.46. The van der Waals surface area contributed by atoms with Crippen LogP contribution in [0.15, 0.2) is 0 Å². The summed E-state index contributed by atoms with van der Waals surface area (Å²) in [5, 5.41) is 10.5. The summed E-state index contributed by atoms with van der Waals surface area (Å²) in [5.74, 6) is 0. The number of hydrogen-bond acceptors (Lipinski definition) is 7. The molecule has 7 nitrogen and oxygen atoms in total. The predicted octanol–water partition coefficient (Wildman–Crippen LogP) is -2.00. The number of piperazine rings is 3. The Morgan fingerprint density at radius 3 is 1.32 bits per heavy atom. The number of nitrogens with zero attached hydrogens (tertiary/aromatic N) is 4. The molecule has 0 unspecified atom stereocenters. The lowest BCUT2D eigenvalue weighted by molar-refractivity contribution is 0.116. The molecule has 0 amide bonds. The summed E-state index contributed by atoms with van der Waals surface area (Å²) >= 11 is 0. The van der Waals surface area contributed by atoms with Gasteiger partial charge in [0.15, 0.2) is 0 Å². The van der Waals surface area contributed by atoms with Crippen LogP contribution >= 0.6 is 0 Å². The first-order chi connectivity index (χ1) is 12.4. The van der Waals surface area contributed by atoms with E-state index in [1.807, 2.05) is 0 Å². The summed E-state index contributed by atoms with van der Waals surface area (Å²) in [5.41, 5.74) is 0. The Labute approximate surface area is 154 Å². The molecule has 3 saturated heterocycles. The van der Waals surface area contributed by atoms with Gasteiger partial charge in [-0.05, 0) is 0 Å². The van der Waals surface area contributed by atoms with E-state index in [1.54, 1.807) is 0 Å². The van der Waals surface area contributed by atoms with Crippen molar-refractivity contribution in [1.82, 2.24) is 35.6 Å². The van der Waals surface area contributed by atoms with Gasteiger partial charge in [-0.1, -0.05) is 0 Å². The molecule has 0 aliphatic carbocycles. The normalized spacial score (nSPS) is 25.4. The van der Waals surface area contributed by atoms with E-state index in [2.05, 4.69) is 35.6 Å². The van der Waals surface area contributed by atoms with Crippen LogP contribution in [0.5, 0.6) is 0 Å². The molecular formula is C18H39N7. The zero-order valence-electron chi connectivity index (χ0n) is 16.0. The summed E-state index contributed by atoms with van der Waals surface area (Å²) < 4.78 is 0. The maximum Gasteiger partial charge on any atom is 0.0110 e. The topological polar surface area (TPSA) is 49.1 Å². The summed E-state index contributed by atoms with van der Waals surface area (Å²) in [6, 6.07) is 0. The van der Waals surface area contributed by atoms with E-state index in [0.29, 0.717) is 0 Å². The predicted molar refractivity (Wildman–Crippen MR) is 104 cm³/mol. The highest BCUT2D eigenvalue weighted by Gasteiger charge is 2.17. The molecule has 3 N–H and O–H groups in total. The van der Waals surface area contributed by atoms with Gasteiger partial charge in [-0.15, -0.1) is 0 Å². The molecule has 0 atom stereocenters. The van der Waals surface area contributed by atoms with Gasteiger partial charge < -0.3 is 16.0 Å². The second-order valence-electron chi connectivity index (χ2n) is 7.62. The van der Waals surface area contributed by atoms with Gasteiger partial charge in [0.05, 0.1) is 0 Å². The second-order valence-corrected chi connectivity index (χ2v) is 7.62. The van der Waals surface area contributed by atoms with Gasteiger partial charge in [0.2, 0.25) is 0 Å². The van der Waals surface area contributed by atoms with Crippen LogP contribution < -0.4 is 16.0 Å². The third-order valence-corrected chi connectivity index (χ3v) is 5.83. The summed E-state index contributed by atoms with van der Waals surface area (Å²) in [6.07, 6.45) is 0. The molecule has 0 aromatic heterocycles. The van der Waals surface area contributed by atoms with E-state index in [-0.39, 0.29) is 0 Å². The maximum atomic E-state index is 3.63. The molecule has 0 saturated carbocycles. The summed E-state index contributed by atoms with van der Waals surface area (Å²) in [4.78, 5) is 10.4. The first-order valence-electron chi connectivity index (χ1n) is 10.4. The highest BCUT2D eigenvalue weighted by Crippen LogP contribution is 2.02. The van der Waals surface area contributed by atoms with Gasteiger partial charge in [-0.2, -0.15) is 0 Å². The van der Waals surface area contributed by atoms with Gasteiger partial charge in [-0.3, -0.25) is 19.6 Å². The molecule has 3 rings (SSSR count). The van der Waals surface area contributed by atoms with Crippen LogP contribution in [0.3, 0.4) is 0 Å². The molecule has 25 heavy (non-hydrogen) atoms. The van der Waals surface area contributed by atoms with Crippen LogP contribution in [0.2, 0.25) is 0 Å². The second kappa shape index (κ2) is 11.4. The van der Waals surface area contributed by atoms with Gasteiger partial charge in [0, 0.05) is 118 Å². The molecule has 3 aliphatic rings. The van der Waals surface area contributed by atoms with E-state index < -0.39 is 0 Å². The zero-order valence-corrected chi connectivity index (χ0v) is 16.0. The SMILES string of the molecule is C1CN(CCNCCN2CCN(CCN3CCNCC3)CC2)CCN1. The quantitative estimate of drug-likeness (QED) is 0.415. The fourth-order valence-corrected chi connectivity index (χ4v) is 3.99. The minimum Gasteiger partial charge on any atom is -0.314 e. The van der Waals surface area contributed by atoms with Crippen molar-refractivity contribution in [3.8, 4) is 0 Å². The first kappa shape index (κ1) is 19.5. The molecular weight excluding hydrogens is 314 g/mol. The molecule has 3 aliphatic heterocycles. The van der Waals surface area contributed by atoms with Crippen LogP contribution in [-0.2, 0) is 0 Å². The number of hydrogen-bond donors (Lipinski definition) is 3. The first-order valence-corrected chi connectivity index (χ1v) is 10.4. The number of nitrogens with one attached hydrogen (secondary N) is 3. The Morgan fingerprint density at radius 1 is 0.480 bits per heavy atom. The van der Waals surface area contributed by atoms with Crippen molar-refractivity contribution >= 4 is 0 Å². The van der Waals surface area contributed by atoms with Gasteiger partial charge in [-0.25, -0.2) is 0 Å². The van der Waals surface area contributed by atoms with E-state index in [1.165, 1.54) is 78.5 Å². The Kier molecular flexibility index (Phi) is 8.91. The Hall–Kier alpha value is -0.280. The van der Waals surface area contributed by atoms with Crippen molar-refractivity contribution in [3.05, 3.63) is 0 Å². The lowest BCUT2D eigenvalue weighted by atomic mass is 10.3. The highest BCUT2D eigenvalue weighted by atomic mass is 15.3. The van der Waals surface area contributed by atoms with Crippen molar-refractivity contribution in [1.29, 1.82) is 0 Å². The van der Waals surface area contributed by atoms with Gasteiger partial charge in [0.25, 0.3) is 0 Å². The third-order valence-electron chi connectivity index (χ3n) is 5.83. The van der Waals surface area contributed by atoms with Crippen LogP contribution in [0.4, 0.5) is 0 Å². The van der Waals surface area contributed by atoms with Crippen molar-refractivity contribution in [2.75, 3.05) is 118 Å². The van der Waals surface area contributed by atoms with Crippen LogP contribution in [0.1, 0.15) is 0 Å². The average molecular weight is 354 g/mol. The summed E-state index contributed by atoms with van der Waals surface area (Å²) in [7, 11) is 0. The van der Waals surface area contributed by atoms with Crippen molar-refractivity contribution in [3.63, 3.8) is 0 Å². The fraction of sp³-hybridized carbons (Fsp3) is 1.00. The lowest BCUT2D eigenvalue weighted by Gasteiger charge is -2.36.